The number of nitrogens with one attached hydrogen (secondary N) is 2. The summed E-state index contributed by atoms with van der Waals surface area (Å²) in [5.41, 5.74) is 1.53. The third kappa shape index (κ3) is 4.43. The molecule has 2 N–H and O–H groups in total. The van der Waals surface area contributed by atoms with E-state index in [4.69, 9.17) is 9.47 Å². The maximum Gasteiger partial charge on any atom is 0.257 e. The zero-order valence-electron chi connectivity index (χ0n) is 17.3. The number of ether oxygens (including phenoxy) is 2. The first-order chi connectivity index (χ1) is 14.4. The number of hydrogen-bond acceptors (Lipinski definition) is 5. The van der Waals surface area contributed by atoms with Crippen LogP contribution in [0.5, 0.6) is 11.5 Å². The molecule has 0 saturated heterocycles. The molecule has 1 aromatic heterocycles. The summed E-state index contributed by atoms with van der Waals surface area (Å²) in [6.07, 6.45) is 1.58. The van der Waals surface area contributed by atoms with Gasteiger partial charge in [0.1, 0.15) is 5.82 Å². The number of carbonyl (C=O) groups is 2. The van der Waals surface area contributed by atoms with E-state index >= 15 is 0 Å². The number of benzene rings is 2. The van der Waals surface area contributed by atoms with Crippen molar-refractivity contribution in [2.24, 2.45) is 7.05 Å². The molecular weight excluding hydrogens is 384 g/mol. The summed E-state index contributed by atoms with van der Waals surface area (Å²) in [6, 6.07) is 14.2. The first-order valence-electron chi connectivity index (χ1n) is 9.35. The number of amides is 2. The first kappa shape index (κ1) is 20.9. The second kappa shape index (κ2) is 9.13. The van der Waals surface area contributed by atoms with E-state index in [1.807, 2.05) is 37.3 Å². The van der Waals surface area contributed by atoms with E-state index < -0.39 is 5.92 Å². The Morgan fingerprint density at radius 1 is 1.03 bits per heavy atom. The molecule has 1 unspecified atom stereocenters. The lowest BCUT2D eigenvalue weighted by molar-refractivity contribution is -0.117. The van der Waals surface area contributed by atoms with Crippen LogP contribution in [0.4, 0.5) is 11.5 Å². The number of methoxy groups -OCH3 is 2. The van der Waals surface area contributed by atoms with Crippen LogP contribution in [0.1, 0.15) is 28.8 Å². The maximum atomic E-state index is 12.8. The van der Waals surface area contributed by atoms with Crippen LogP contribution in [0.3, 0.4) is 0 Å². The minimum atomic E-state index is -0.395. The zero-order valence-corrected chi connectivity index (χ0v) is 17.3. The van der Waals surface area contributed by atoms with Crippen LogP contribution in [0, 0.1) is 0 Å². The third-order valence-corrected chi connectivity index (χ3v) is 4.75. The summed E-state index contributed by atoms with van der Waals surface area (Å²) in [7, 11) is 4.67. The molecule has 1 heterocycles. The molecule has 8 nitrogen and oxygen atoms in total. The van der Waals surface area contributed by atoms with E-state index in [0.29, 0.717) is 28.6 Å². The Morgan fingerprint density at radius 3 is 2.37 bits per heavy atom. The van der Waals surface area contributed by atoms with Crippen molar-refractivity contribution in [3.8, 4) is 11.5 Å². The van der Waals surface area contributed by atoms with Gasteiger partial charge in [0, 0.05) is 18.7 Å². The van der Waals surface area contributed by atoms with Crippen LogP contribution in [-0.4, -0.2) is 35.8 Å². The molecule has 0 bridgehead atoms. The molecular formula is C22H24N4O4. The van der Waals surface area contributed by atoms with Gasteiger partial charge in [-0.1, -0.05) is 30.3 Å². The summed E-state index contributed by atoms with van der Waals surface area (Å²) >= 11 is 0. The average Bonchev–Trinajstić information content (AvgIpc) is 3.17. The molecule has 0 aliphatic carbocycles. The highest BCUT2D eigenvalue weighted by Gasteiger charge is 2.21. The summed E-state index contributed by atoms with van der Waals surface area (Å²) in [4.78, 5) is 25.6. The Morgan fingerprint density at radius 2 is 1.77 bits per heavy atom. The number of carbonyl (C=O) groups excluding carboxylic acids is 2. The minimum absolute atomic E-state index is 0.231. The van der Waals surface area contributed by atoms with Crippen molar-refractivity contribution in [2.45, 2.75) is 12.8 Å². The molecule has 2 aromatic carbocycles. The molecule has 156 valence electrons. The van der Waals surface area contributed by atoms with Gasteiger partial charge in [-0.05, 0) is 24.6 Å². The average molecular weight is 408 g/mol. The molecule has 0 radical (unpaired) electrons. The fraction of sp³-hybridized carbons (Fsp3) is 0.227. The Kier molecular flexibility index (Phi) is 6.36. The monoisotopic (exact) mass is 408 g/mol. The number of nitrogens with zero attached hydrogens (tertiary/aromatic N) is 2. The van der Waals surface area contributed by atoms with Crippen molar-refractivity contribution < 1.29 is 19.1 Å². The second-order valence-corrected chi connectivity index (χ2v) is 6.68. The first-order valence-corrected chi connectivity index (χ1v) is 9.35. The molecule has 30 heavy (non-hydrogen) atoms. The van der Waals surface area contributed by atoms with E-state index in [1.165, 1.54) is 14.2 Å². The zero-order chi connectivity index (χ0) is 21.7. The molecule has 0 fully saturated rings. The van der Waals surface area contributed by atoms with Gasteiger partial charge >= 0.3 is 0 Å². The van der Waals surface area contributed by atoms with Crippen molar-refractivity contribution in [2.75, 3.05) is 24.9 Å². The molecule has 3 rings (SSSR count). The minimum Gasteiger partial charge on any atom is -0.493 e. The van der Waals surface area contributed by atoms with Gasteiger partial charge in [-0.25, -0.2) is 0 Å². The van der Waals surface area contributed by atoms with Gasteiger partial charge in [-0.3, -0.25) is 14.3 Å². The molecule has 0 aliphatic heterocycles. The van der Waals surface area contributed by atoms with Crippen molar-refractivity contribution in [1.82, 2.24) is 9.78 Å². The van der Waals surface area contributed by atoms with Crippen LogP contribution in [0.2, 0.25) is 0 Å². The highest BCUT2D eigenvalue weighted by molar-refractivity contribution is 6.06. The Balaban J connectivity index is 1.90. The van der Waals surface area contributed by atoms with Gasteiger partial charge in [-0.15, -0.1) is 0 Å². The quantitative estimate of drug-likeness (QED) is 0.625. The SMILES string of the molecule is COc1cc(C(=O)Nc2ccnn2C)cc(NC(=O)C(C)c2ccccc2)c1OC. The van der Waals surface area contributed by atoms with Crippen molar-refractivity contribution in [3.05, 3.63) is 65.9 Å². The Bertz CT molecular complexity index is 1050. The lowest BCUT2D eigenvalue weighted by atomic mass is 10.0. The number of rotatable bonds is 7. The van der Waals surface area contributed by atoms with Gasteiger partial charge in [0.15, 0.2) is 11.5 Å². The van der Waals surface area contributed by atoms with Crippen molar-refractivity contribution >= 4 is 23.3 Å². The molecule has 1 atom stereocenters. The smallest absolute Gasteiger partial charge is 0.257 e. The lowest BCUT2D eigenvalue weighted by Crippen LogP contribution is -2.20. The molecule has 0 aliphatic rings. The number of aryl methyl sites for hydroxylation is 1. The highest BCUT2D eigenvalue weighted by atomic mass is 16.5. The molecule has 0 saturated carbocycles. The van der Waals surface area contributed by atoms with Gasteiger partial charge in [0.25, 0.3) is 5.91 Å². The van der Waals surface area contributed by atoms with Crippen LogP contribution in [0.15, 0.2) is 54.7 Å². The summed E-state index contributed by atoms with van der Waals surface area (Å²) in [5, 5.41) is 9.67. The van der Waals surface area contributed by atoms with E-state index in [9.17, 15) is 9.59 Å². The van der Waals surface area contributed by atoms with Gasteiger partial charge in [0.2, 0.25) is 5.91 Å². The summed E-state index contributed by atoms with van der Waals surface area (Å²) in [6.45, 7) is 1.81. The number of anilines is 2. The van der Waals surface area contributed by atoms with Crippen LogP contribution < -0.4 is 20.1 Å². The number of hydrogen-bond donors (Lipinski definition) is 2. The molecule has 8 heteroatoms. The fourth-order valence-corrected chi connectivity index (χ4v) is 3.01. The summed E-state index contributed by atoms with van der Waals surface area (Å²) in [5.74, 6) is 0.213. The van der Waals surface area contributed by atoms with Crippen LogP contribution in [0.25, 0.3) is 0 Å². The Hall–Kier alpha value is -3.81. The van der Waals surface area contributed by atoms with Crippen LogP contribution in [-0.2, 0) is 11.8 Å². The maximum absolute atomic E-state index is 12.8. The highest BCUT2D eigenvalue weighted by Crippen LogP contribution is 2.37. The van der Waals surface area contributed by atoms with Gasteiger partial charge in [0.05, 0.1) is 32.0 Å². The van der Waals surface area contributed by atoms with Gasteiger partial charge < -0.3 is 20.1 Å². The largest absolute Gasteiger partial charge is 0.493 e. The van der Waals surface area contributed by atoms with Gasteiger partial charge in [-0.2, -0.15) is 5.10 Å². The van der Waals surface area contributed by atoms with E-state index in [0.717, 1.165) is 5.56 Å². The molecule has 3 aromatic rings. The van der Waals surface area contributed by atoms with Crippen LogP contribution >= 0.6 is 0 Å². The van der Waals surface area contributed by atoms with E-state index in [2.05, 4.69) is 15.7 Å². The second-order valence-electron chi connectivity index (χ2n) is 6.68. The van der Waals surface area contributed by atoms with E-state index in [1.54, 1.807) is 36.1 Å². The Labute approximate surface area is 174 Å². The van der Waals surface area contributed by atoms with E-state index in [-0.39, 0.29) is 11.8 Å². The predicted molar refractivity (Wildman–Crippen MR) is 114 cm³/mol. The summed E-state index contributed by atoms with van der Waals surface area (Å²) < 4.78 is 12.4. The lowest BCUT2D eigenvalue weighted by Gasteiger charge is -2.18. The molecule has 0 spiro atoms. The van der Waals surface area contributed by atoms with Crippen molar-refractivity contribution in [3.63, 3.8) is 0 Å². The molecule has 2 amide bonds. The fourth-order valence-electron chi connectivity index (χ4n) is 3.01. The third-order valence-electron chi connectivity index (χ3n) is 4.75. The standard InChI is InChI=1S/C22H24N4O4/c1-14(15-8-6-5-7-9-15)21(27)24-17-12-16(13-18(29-3)20(17)30-4)22(28)25-19-10-11-23-26(19)2/h5-14H,1-4H3,(H,24,27)(H,25,28). The number of aromatic nitrogens is 2. The topological polar surface area (TPSA) is 94.5 Å². The van der Waals surface area contributed by atoms with Crippen molar-refractivity contribution in [1.29, 1.82) is 0 Å². The predicted octanol–water partition coefficient (Wildman–Crippen LogP) is 3.43. The normalized spacial score (nSPS) is 11.5.